The molecule has 1 heterocycles. The molecule has 4 nitrogen and oxygen atoms in total. The van der Waals surface area contributed by atoms with Crippen LogP contribution in [0.2, 0.25) is 5.15 Å². The van der Waals surface area contributed by atoms with Gasteiger partial charge in [0.15, 0.2) is 0 Å². The molecule has 0 aliphatic heterocycles. The number of H-pyrrole nitrogens is 1. The smallest absolute Gasteiger partial charge is 0.297 e. The molecule has 0 aliphatic carbocycles. The molecule has 0 fully saturated rings. The minimum absolute atomic E-state index is 0.132. The summed E-state index contributed by atoms with van der Waals surface area (Å²) < 4.78 is 1.19. The first kappa shape index (κ1) is 11.0. The van der Waals surface area contributed by atoms with Crippen molar-refractivity contribution in [2.75, 3.05) is 0 Å². The Hall–Kier alpha value is -1.03. The van der Waals surface area contributed by atoms with Crippen LogP contribution in [0.5, 0.6) is 0 Å². The molecule has 0 bridgehead atoms. The van der Waals surface area contributed by atoms with Crippen LogP contribution < -0.4 is 11.2 Å². The zero-order chi connectivity index (χ0) is 10.7. The lowest BCUT2D eigenvalue weighted by atomic mass is 10.3. The Balaban J connectivity index is 3.23. The second-order valence-corrected chi connectivity index (χ2v) is 3.56. The van der Waals surface area contributed by atoms with Gasteiger partial charge in [0.1, 0.15) is 5.15 Å². The van der Waals surface area contributed by atoms with E-state index in [2.05, 4.69) is 4.98 Å². The molecule has 0 saturated heterocycles. The van der Waals surface area contributed by atoms with Crippen LogP contribution in [0.1, 0.15) is 25.3 Å². The number of nitrogens with one attached hydrogen (secondary N) is 1. The quantitative estimate of drug-likeness (QED) is 0.775. The van der Waals surface area contributed by atoms with Gasteiger partial charge >= 0.3 is 5.69 Å². The van der Waals surface area contributed by atoms with Gasteiger partial charge in [-0.3, -0.25) is 14.3 Å². The maximum absolute atomic E-state index is 11.6. The van der Waals surface area contributed by atoms with Crippen LogP contribution in [-0.4, -0.2) is 9.55 Å². The van der Waals surface area contributed by atoms with Gasteiger partial charge < -0.3 is 0 Å². The molecular formula is C9H13ClN2O2. The second-order valence-electron chi connectivity index (χ2n) is 3.18. The third-order valence-electron chi connectivity index (χ3n) is 2.09. The fraction of sp³-hybridized carbons (Fsp3) is 0.556. The van der Waals surface area contributed by atoms with Crippen LogP contribution in [0.3, 0.4) is 0 Å². The lowest BCUT2D eigenvalue weighted by Crippen LogP contribution is -2.36. The van der Waals surface area contributed by atoms with Crippen molar-refractivity contribution in [2.24, 2.45) is 0 Å². The van der Waals surface area contributed by atoms with Crippen molar-refractivity contribution < 1.29 is 0 Å². The van der Waals surface area contributed by atoms with Gasteiger partial charge in [0.2, 0.25) is 0 Å². The summed E-state index contributed by atoms with van der Waals surface area (Å²) in [7, 11) is 0. The van der Waals surface area contributed by atoms with E-state index in [-0.39, 0.29) is 10.7 Å². The van der Waals surface area contributed by atoms with Crippen LogP contribution in [0.25, 0.3) is 0 Å². The lowest BCUT2D eigenvalue weighted by Gasteiger charge is -2.04. The molecule has 5 heteroatoms. The van der Waals surface area contributed by atoms with E-state index < -0.39 is 5.69 Å². The first-order chi connectivity index (χ1) is 6.57. The van der Waals surface area contributed by atoms with E-state index in [4.69, 9.17) is 11.6 Å². The van der Waals surface area contributed by atoms with E-state index in [1.165, 1.54) is 4.57 Å². The molecule has 1 aromatic heterocycles. The van der Waals surface area contributed by atoms with Crippen LogP contribution in [0, 0.1) is 6.92 Å². The van der Waals surface area contributed by atoms with Gasteiger partial charge in [-0.05, 0) is 13.3 Å². The topological polar surface area (TPSA) is 54.9 Å². The molecule has 14 heavy (non-hydrogen) atoms. The van der Waals surface area contributed by atoms with Crippen LogP contribution in [0.4, 0.5) is 0 Å². The largest absolute Gasteiger partial charge is 0.329 e. The molecule has 78 valence electrons. The van der Waals surface area contributed by atoms with E-state index in [1.807, 2.05) is 6.92 Å². The second kappa shape index (κ2) is 4.46. The van der Waals surface area contributed by atoms with Gasteiger partial charge in [0, 0.05) is 12.1 Å². The number of rotatable bonds is 3. The summed E-state index contributed by atoms with van der Waals surface area (Å²) in [6, 6.07) is 0. The van der Waals surface area contributed by atoms with E-state index >= 15 is 0 Å². The summed E-state index contributed by atoms with van der Waals surface area (Å²) in [5.74, 6) is 0. The van der Waals surface area contributed by atoms with E-state index in [0.717, 1.165) is 12.8 Å². The summed E-state index contributed by atoms with van der Waals surface area (Å²) >= 11 is 5.66. The third-order valence-corrected chi connectivity index (χ3v) is 2.47. The zero-order valence-corrected chi connectivity index (χ0v) is 9.02. The molecular weight excluding hydrogens is 204 g/mol. The Morgan fingerprint density at radius 3 is 2.64 bits per heavy atom. The first-order valence-electron chi connectivity index (χ1n) is 4.57. The van der Waals surface area contributed by atoms with Gasteiger partial charge in [-0.25, -0.2) is 4.79 Å². The molecule has 0 aliphatic rings. The zero-order valence-electron chi connectivity index (χ0n) is 8.26. The van der Waals surface area contributed by atoms with Crippen molar-refractivity contribution >= 4 is 11.6 Å². The normalized spacial score (nSPS) is 10.5. The van der Waals surface area contributed by atoms with Crippen molar-refractivity contribution in [1.82, 2.24) is 9.55 Å². The maximum atomic E-state index is 11.6. The van der Waals surface area contributed by atoms with Gasteiger partial charge in [0.05, 0.1) is 0 Å². The van der Waals surface area contributed by atoms with Crippen molar-refractivity contribution in [1.29, 1.82) is 0 Å². The Bertz CT molecular complexity index is 433. The predicted molar refractivity (Wildman–Crippen MR) is 56.0 cm³/mol. The highest BCUT2D eigenvalue weighted by atomic mass is 35.5. The standard InChI is InChI=1S/C9H13ClN2O2/c1-3-4-5-12-8(13)6(2)7(10)11-9(12)14/h3-5H2,1-2H3,(H,11,14). The number of halogens is 1. The number of hydrogen-bond donors (Lipinski definition) is 1. The number of hydrogen-bond acceptors (Lipinski definition) is 2. The average Bonchev–Trinajstić information content (AvgIpc) is 2.14. The minimum atomic E-state index is -0.431. The molecule has 0 radical (unpaired) electrons. The summed E-state index contributed by atoms with van der Waals surface area (Å²) in [6.45, 7) is 4.05. The first-order valence-corrected chi connectivity index (χ1v) is 4.95. The number of nitrogens with zero attached hydrogens (tertiary/aromatic N) is 1. The van der Waals surface area contributed by atoms with Gasteiger partial charge in [-0.2, -0.15) is 0 Å². The van der Waals surface area contributed by atoms with Crippen LogP contribution >= 0.6 is 11.6 Å². The predicted octanol–water partition coefficient (Wildman–Crippen LogP) is 1.30. The molecule has 0 spiro atoms. The van der Waals surface area contributed by atoms with E-state index in [1.54, 1.807) is 6.92 Å². The van der Waals surface area contributed by atoms with E-state index in [0.29, 0.717) is 12.1 Å². The number of aromatic amines is 1. The van der Waals surface area contributed by atoms with Crippen LogP contribution in [-0.2, 0) is 6.54 Å². The molecule has 0 aromatic carbocycles. The molecule has 0 amide bonds. The maximum Gasteiger partial charge on any atom is 0.329 e. The van der Waals surface area contributed by atoms with Gasteiger partial charge in [0.25, 0.3) is 5.56 Å². The summed E-state index contributed by atoms with van der Waals surface area (Å²) in [6.07, 6.45) is 1.75. The molecule has 1 aromatic rings. The lowest BCUT2D eigenvalue weighted by molar-refractivity contribution is 0.580. The van der Waals surface area contributed by atoms with Crippen molar-refractivity contribution in [3.63, 3.8) is 0 Å². The highest BCUT2D eigenvalue weighted by Gasteiger charge is 2.07. The molecule has 1 rings (SSSR count). The molecule has 0 atom stereocenters. The Kier molecular flexibility index (Phi) is 3.52. The SMILES string of the molecule is CCCCn1c(=O)[nH]c(Cl)c(C)c1=O. The Labute approximate surface area is 86.5 Å². The molecule has 0 unspecified atom stereocenters. The highest BCUT2D eigenvalue weighted by molar-refractivity contribution is 6.30. The monoisotopic (exact) mass is 216 g/mol. The van der Waals surface area contributed by atoms with Crippen molar-refractivity contribution in [3.8, 4) is 0 Å². The number of unbranched alkanes of at least 4 members (excludes halogenated alkanes) is 1. The summed E-state index contributed by atoms with van der Waals surface area (Å²) in [4.78, 5) is 25.3. The summed E-state index contributed by atoms with van der Waals surface area (Å²) in [5, 5.41) is 0.132. The third kappa shape index (κ3) is 2.07. The average molecular weight is 217 g/mol. The Morgan fingerprint density at radius 2 is 2.07 bits per heavy atom. The highest BCUT2D eigenvalue weighted by Crippen LogP contribution is 2.02. The molecule has 0 saturated carbocycles. The Morgan fingerprint density at radius 1 is 1.43 bits per heavy atom. The summed E-state index contributed by atoms with van der Waals surface area (Å²) in [5.41, 5.74) is -0.339. The van der Waals surface area contributed by atoms with Crippen LogP contribution in [0.15, 0.2) is 9.59 Å². The number of aromatic nitrogens is 2. The molecule has 1 N–H and O–H groups in total. The van der Waals surface area contributed by atoms with Crippen molar-refractivity contribution in [3.05, 3.63) is 31.6 Å². The fourth-order valence-electron chi connectivity index (χ4n) is 1.16. The van der Waals surface area contributed by atoms with Gasteiger partial charge in [-0.1, -0.05) is 24.9 Å². The minimum Gasteiger partial charge on any atom is -0.297 e. The van der Waals surface area contributed by atoms with Crippen molar-refractivity contribution in [2.45, 2.75) is 33.2 Å². The fourth-order valence-corrected chi connectivity index (χ4v) is 1.32. The van der Waals surface area contributed by atoms with Gasteiger partial charge in [-0.15, -0.1) is 0 Å². The van der Waals surface area contributed by atoms with E-state index in [9.17, 15) is 9.59 Å².